The topological polar surface area (TPSA) is 77.0 Å². The summed E-state index contributed by atoms with van der Waals surface area (Å²) in [4.78, 5) is 20.9. The minimum absolute atomic E-state index is 0.215. The molecule has 6 heteroatoms. The van der Waals surface area contributed by atoms with Crippen LogP contribution in [0.4, 0.5) is 5.95 Å². The third-order valence-electron chi connectivity index (χ3n) is 3.39. The van der Waals surface area contributed by atoms with Crippen LogP contribution in [0.2, 0.25) is 0 Å². The van der Waals surface area contributed by atoms with E-state index in [1.165, 1.54) is 5.01 Å². The summed E-state index contributed by atoms with van der Waals surface area (Å²) in [7, 11) is 0. The molecule has 116 valence electrons. The first-order chi connectivity index (χ1) is 10.6. The quantitative estimate of drug-likeness (QED) is 0.498. The monoisotopic (exact) mass is 299 g/mol. The largest absolute Gasteiger partial charge is 0.356 e. The number of hydrogen-bond acceptors (Lipinski definition) is 5. The molecule has 1 aromatic carbocycles. The van der Waals surface area contributed by atoms with Gasteiger partial charge in [-0.3, -0.25) is 5.01 Å². The molecule has 0 fully saturated rings. The summed E-state index contributed by atoms with van der Waals surface area (Å²) in [5.74, 6) is 6.68. The Morgan fingerprint density at radius 3 is 2.64 bits per heavy atom. The van der Waals surface area contributed by atoms with Gasteiger partial charge in [0.15, 0.2) is 0 Å². The van der Waals surface area contributed by atoms with Gasteiger partial charge in [-0.25, -0.2) is 15.2 Å². The summed E-state index contributed by atoms with van der Waals surface area (Å²) in [5, 5.41) is 1.31. The molecule has 0 aliphatic rings. The molecule has 2 aromatic rings. The van der Waals surface area contributed by atoms with Crippen LogP contribution in [0.5, 0.6) is 0 Å². The van der Waals surface area contributed by atoms with Crippen LogP contribution in [0, 0.1) is 0 Å². The molecule has 2 rings (SSSR count). The highest BCUT2D eigenvalue weighted by Crippen LogP contribution is 2.15. The van der Waals surface area contributed by atoms with E-state index in [2.05, 4.69) is 23.5 Å². The molecule has 0 aliphatic carbocycles. The zero-order valence-corrected chi connectivity index (χ0v) is 13.0. The second-order valence-electron chi connectivity index (χ2n) is 4.83. The van der Waals surface area contributed by atoms with Gasteiger partial charge in [0.1, 0.15) is 5.82 Å². The summed E-state index contributed by atoms with van der Waals surface area (Å²) >= 11 is 0. The first-order valence-electron chi connectivity index (χ1n) is 7.33. The second kappa shape index (κ2) is 7.00. The Hall–Kier alpha value is -2.47. The van der Waals surface area contributed by atoms with E-state index in [0.717, 1.165) is 17.7 Å². The fourth-order valence-corrected chi connectivity index (χ4v) is 2.29. The van der Waals surface area contributed by atoms with E-state index in [-0.39, 0.29) is 11.6 Å². The maximum Gasteiger partial charge on any atom is 0.356 e. The SMILES string of the molecule is C=CCN(N)c1nc(CC)n(-c2ccccc2CC)c(=O)n1. The van der Waals surface area contributed by atoms with Gasteiger partial charge < -0.3 is 0 Å². The van der Waals surface area contributed by atoms with Gasteiger partial charge in [-0.2, -0.15) is 9.97 Å². The number of para-hydroxylation sites is 1. The Morgan fingerprint density at radius 2 is 2.00 bits per heavy atom. The molecule has 0 amide bonds. The molecule has 1 heterocycles. The Labute approximate surface area is 129 Å². The van der Waals surface area contributed by atoms with Crippen LogP contribution in [0.3, 0.4) is 0 Å². The van der Waals surface area contributed by atoms with Gasteiger partial charge in [-0.15, -0.1) is 6.58 Å². The lowest BCUT2D eigenvalue weighted by Gasteiger charge is -2.18. The number of rotatable bonds is 6. The number of aryl methyl sites for hydroxylation is 2. The van der Waals surface area contributed by atoms with Crippen LogP contribution in [-0.4, -0.2) is 21.1 Å². The first-order valence-corrected chi connectivity index (χ1v) is 7.33. The van der Waals surface area contributed by atoms with Crippen LogP contribution < -0.4 is 16.5 Å². The smallest absolute Gasteiger partial charge is 0.275 e. The van der Waals surface area contributed by atoms with Crippen LogP contribution >= 0.6 is 0 Å². The minimum Gasteiger partial charge on any atom is -0.275 e. The van der Waals surface area contributed by atoms with Gasteiger partial charge in [0, 0.05) is 6.42 Å². The number of hydrogen-bond donors (Lipinski definition) is 1. The molecule has 22 heavy (non-hydrogen) atoms. The highest BCUT2D eigenvalue weighted by atomic mass is 16.1. The first kappa shape index (κ1) is 15.9. The van der Waals surface area contributed by atoms with Crippen molar-refractivity contribution in [2.45, 2.75) is 26.7 Å². The average molecular weight is 299 g/mol. The maximum atomic E-state index is 12.5. The van der Waals surface area contributed by atoms with Gasteiger partial charge in [0.05, 0.1) is 12.2 Å². The second-order valence-corrected chi connectivity index (χ2v) is 4.83. The highest BCUT2D eigenvalue weighted by molar-refractivity contribution is 5.42. The molecular formula is C16H21N5O. The molecule has 0 radical (unpaired) electrons. The standard InChI is InChI=1S/C16H21N5O/c1-4-11-20(17)15-18-14(6-3)21(16(22)19-15)13-10-8-7-9-12(13)5-2/h4,7-10H,1,5-6,11,17H2,2-3H3. The predicted octanol–water partition coefficient (Wildman–Crippen LogP) is 1.62. The molecule has 0 saturated heterocycles. The van der Waals surface area contributed by atoms with Crippen molar-refractivity contribution in [3.63, 3.8) is 0 Å². The summed E-state index contributed by atoms with van der Waals surface area (Å²) in [6.45, 7) is 7.99. The van der Waals surface area contributed by atoms with Gasteiger partial charge in [-0.05, 0) is 18.1 Å². The van der Waals surface area contributed by atoms with Crippen molar-refractivity contribution in [1.29, 1.82) is 0 Å². The van der Waals surface area contributed by atoms with Crippen LogP contribution in [0.15, 0.2) is 41.7 Å². The van der Waals surface area contributed by atoms with Gasteiger partial charge in [0.2, 0.25) is 5.95 Å². The van der Waals surface area contributed by atoms with Crippen LogP contribution in [0.25, 0.3) is 5.69 Å². The number of aromatic nitrogens is 3. The maximum absolute atomic E-state index is 12.5. The lowest BCUT2D eigenvalue weighted by Crippen LogP contribution is -2.37. The van der Waals surface area contributed by atoms with E-state index in [1.807, 2.05) is 31.2 Å². The molecule has 0 spiro atoms. The number of hydrazine groups is 1. The third-order valence-corrected chi connectivity index (χ3v) is 3.39. The fraction of sp³-hybridized carbons (Fsp3) is 0.312. The zero-order chi connectivity index (χ0) is 16.1. The Balaban J connectivity index is 2.62. The van der Waals surface area contributed by atoms with Crippen molar-refractivity contribution in [2.24, 2.45) is 5.84 Å². The molecule has 0 atom stereocenters. The Kier molecular flexibility index (Phi) is 5.06. The van der Waals surface area contributed by atoms with E-state index >= 15 is 0 Å². The van der Waals surface area contributed by atoms with Crippen molar-refractivity contribution in [3.05, 3.63) is 58.8 Å². The number of benzene rings is 1. The summed E-state index contributed by atoms with van der Waals surface area (Å²) in [6.07, 6.45) is 3.06. The lowest BCUT2D eigenvalue weighted by atomic mass is 10.1. The van der Waals surface area contributed by atoms with Crippen molar-refractivity contribution >= 4 is 5.95 Å². The van der Waals surface area contributed by atoms with E-state index < -0.39 is 0 Å². The molecule has 2 N–H and O–H groups in total. The molecule has 0 aliphatic heterocycles. The molecule has 0 unspecified atom stereocenters. The lowest BCUT2D eigenvalue weighted by molar-refractivity contribution is 0.736. The van der Waals surface area contributed by atoms with E-state index in [0.29, 0.717) is 18.8 Å². The Morgan fingerprint density at radius 1 is 1.27 bits per heavy atom. The van der Waals surface area contributed by atoms with Crippen LogP contribution in [-0.2, 0) is 12.8 Å². The minimum atomic E-state index is -0.373. The van der Waals surface area contributed by atoms with Gasteiger partial charge in [-0.1, -0.05) is 38.1 Å². The molecule has 0 saturated carbocycles. The Bertz CT molecular complexity index is 723. The third kappa shape index (κ3) is 3.07. The number of anilines is 1. The fourth-order valence-electron chi connectivity index (χ4n) is 2.29. The van der Waals surface area contributed by atoms with E-state index in [1.54, 1.807) is 10.6 Å². The highest BCUT2D eigenvalue weighted by Gasteiger charge is 2.14. The summed E-state index contributed by atoms with van der Waals surface area (Å²) in [5.41, 5.74) is 1.53. The van der Waals surface area contributed by atoms with Gasteiger partial charge in [0.25, 0.3) is 0 Å². The predicted molar refractivity (Wildman–Crippen MR) is 88.1 cm³/mol. The number of nitrogens with two attached hydrogens (primary N) is 1. The zero-order valence-electron chi connectivity index (χ0n) is 13.0. The summed E-state index contributed by atoms with van der Waals surface area (Å²) < 4.78 is 1.56. The van der Waals surface area contributed by atoms with Crippen molar-refractivity contribution in [1.82, 2.24) is 14.5 Å². The van der Waals surface area contributed by atoms with Crippen molar-refractivity contribution in [3.8, 4) is 5.69 Å². The van der Waals surface area contributed by atoms with E-state index in [4.69, 9.17) is 5.84 Å². The normalized spacial score (nSPS) is 10.5. The van der Waals surface area contributed by atoms with E-state index in [9.17, 15) is 4.79 Å². The number of nitrogens with zero attached hydrogens (tertiary/aromatic N) is 4. The van der Waals surface area contributed by atoms with Crippen LogP contribution in [0.1, 0.15) is 25.2 Å². The van der Waals surface area contributed by atoms with Crippen molar-refractivity contribution < 1.29 is 0 Å². The van der Waals surface area contributed by atoms with Crippen molar-refractivity contribution in [2.75, 3.05) is 11.6 Å². The molecule has 1 aromatic heterocycles. The average Bonchev–Trinajstić information content (AvgIpc) is 2.54. The summed E-state index contributed by atoms with van der Waals surface area (Å²) in [6, 6.07) is 7.77. The molecule has 0 bridgehead atoms. The molecule has 6 nitrogen and oxygen atoms in total. The molecular weight excluding hydrogens is 278 g/mol. The van der Waals surface area contributed by atoms with Gasteiger partial charge >= 0.3 is 5.69 Å².